The molecule has 0 saturated carbocycles. The normalized spacial score (nSPS) is 14.2. The van der Waals surface area contributed by atoms with E-state index in [2.05, 4.69) is 231 Å². The first-order chi connectivity index (χ1) is 31.3. The summed E-state index contributed by atoms with van der Waals surface area (Å²) in [6, 6.07) is 71.0. The third-order valence-corrected chi connectivity index (χ3v) is 14.4. The topological polar surface area (TPSA) is 34.0 Å². The number of hydrogen-bond acceptors (Lipinski definition) is 3. The monoisotopic (exact) mass is 820 g/mol. The second-order valence-electron chi connectivity index (χ2n) is 18.6. The zero-order valence-corrected chi connectivity index (χ0v) is 36.3. The second-order valence-corrected chi connectivity index (χ2v) is 18.6. The number of benzene rings is 9. The van der Waals surface area contributed by atoms with Gasteiger partial charge in [-0.1, -0.05) is 161 Å². The summed E-state index contributed by atoms with van der Waals surface area (Å²) in [4.78, 5) is 13.3. The molecular weight excluding hydrogens is 777 g/mol. The minimum Gasteiger partial charge on any atom is -0.310 e. The van der Waals surface area contributed by atoms with E-state index in [-0.39, 0.29) is 10.8 Å². The highest BCUT2D eigenvalue weighted by Gasteiger charge is 2.37. The predicted molar refractivity (Wildman–Crippen MR) is 267 cm³/mol. The molecule has 2 aliphatic rings. The van der Waals surface area contributed by atoms with Crippen LogP contribution in [-0.2, 0) is 10.8 Å². The summed E-state index contributed by atoms with van der Waals surface area (Å²) in [5.41, 5.74) is 18.7. The maximum absolute atomic E-state index is 5.50. The molecule has 0 unspecified atom stereocenters. The average Bonchev–Trinajstić information content (AvgIpc) is 3.79. The zero-order chi connectivity index (χ0) is 42.9. The lowest BCUT2D eigenvalue weighted by Crippen LogP contribution is -2.24. The Morgan fingerprint density at radius 2 is 1.03 bits per heavy atom. The van der Waals surface area contributed by atoms with E-state index in [4.69, 9.17) is 9.97 Å². The van der Waals surface area contributed by atoms with Gasteiger partial charge in [0.1, 0.15) is 0 Å². The molecule has 304 valence electrons. The van der Waals surface area contributed by atoms with Gasteiger partial charge in [-0.2, -0.15) is 0 Å². The number of nitrogens with zero attached hydrogens (tertiary/aromatic N) is 4. The van der Waals surface area contributed by atoms with Gasteiger partial charge in [-0.3, -0.25) is 4.57 Å². The first-order valence-electron chi connectivity index (χ1n) is 22.3. The minimum absolute atomic E-state index is 0.0930. The lowest BCUT2D eigenvalue weighted by Gasteiger charge is -2.34. The van der Waals surface area contributed by atoms with Crippen LogP contribution in [0.2, 0.25) is 0 Å². The summed E-state index contributed by atoms with van der Waals surface area (Å²) < 4.78 is 2.28. The van der Waals surface area contributed by atoms with Gasteiger partial charge in [0.05, 0.1) is 22.2 Å². The Morgan fingerprint density at radius 1 is 0.406 bits per heavy atom. The fraction of sp³-hybridized carbons (Fsp3) is 0.100. The molecule has 0 saturated heterocycles. The van der Waals surface area contributed by atoms with Crippen LogP contribution in [0.25, 0.3) is 82.9 Å². The van der Waals surface area contributed by atoms with Crippen molar-refractivity contribution in [1.82, 2.24) is 14.5 Å². The highest BCUT2D eigenvalue weighted by molar-refractivity contribution is 6.22. The largest absolute Gasteiger partial charge is 0.310 e. The molecule has 2 heterocycles. The summed E-state index contributed by atoms with van der Waals surface area (Å²) in [5, 5.41) is 5.94. The molecule has 4 heteroatoms. The summed E-state index contributed by atoms with van der Waals surface area (Å²) in [5.74, 6) is 0.682. The van der Waals surface area contributed by atoms with E-state index in [0.29, 0.717) is 5.95 Å². The Morgan fingerprint density at radius 3 is 1.86 bits per heavy atom. The Balaban J connectivity index is 0.960. The van der Waals surface area contributed by atoms with Crippen molar-refractivity contribution in [2.45, 2.75) is 38.5 Å². The van der Waals surface area contributed by atoms with Gasteiger partial charge < -0.3 is 4.90 Å². The fourth-order valence-electron chi connectivity index (χ4n) is 11.2. The van der Waals surface area contributed by atoms with Gasteiger partial charge in [-0.15, -0.1) is 0 Å². The van der Waals surface area contributed by atoms with E-state index in [1.807, 2.05) is 0 Å². The quantitative estimate of drug-likeness (QED) is 0.173. The highest BCUT2D eigenvalue weighted by Crippen LogP contribution is 2.51. The van der Waals surface area contributed by atoms with Crippen LogP contribution in [0.5, 0.6) is 0 Å². The molecular formula is C60H44N4. The van der Waals surface area contributed by atoms with E-state index in [1.54, 1.807) is 0 Å². The van der Waals surface area contributed by atoms with Gasteiger partial charge in [0, 0.05) is 49.6 Å². The van der Waals surface area contributed by atoms with Gasteiger partial charge in [-0.05, 0) is 116 Å². The molecule has 64 heavy (non-hydrogen) atoms. The van der Waals surface area contributed by atoms with Crippen molar-refractivity contribution in [2.75, 3.05) is 4.90 Å². The Kier molecular flexibility index (Phi) is 7.67. The summed E-state index contributed by atoms with van der Waals surface area (Å²) >= 11 is 0. The SMILES string of the molecule is CC1(C)c2ccccc2-c2ccc(N(c3ccccc3)c3ccc(-c4ccc5c(c4)c4c6ccccc6ccc4n5-c4nc5c6c(cccc6n4)C(C)(C)c4ccccc4-5)cc3)cc21. The molecule has 0 bridgehead atoms. The number of anilines is 3. The molecule has 13 rings (SSSR count). The van der Waals surface area contributed by atoms with E-state index in [9.17, 15) is 0 Å². The van der Waals surface area contributed by atoms with Crippen LogP contribution in [0, 0.1) is 0 Å². The Hall–Kier alpha value is -7.82. The molecule has 9 aromatic carbocycles. The maximum Gasteiger partial charge on any atom is 0.235 e. The molecule has 0 aliphatic heterocycles. The van der Waals surface area contributed by atoms with E-state index in [0.717, 1.165) is 55.8 Å². The molecule has 0 amide bonds. The molecule has 0 N–H and O–H groups in total. The smallest absolute Gasteiger partial charge is 0.235 e. The summed E-state index contributed by atoms with van der Waals surface area (Å²) in [6.07, 6.45) is 0. The van der Waals surface area contributed by atoms with Crippen LogP contribution >= 0.6 is 0 Å². The van der Waals surface area contributed by atoms with Crippen LogP contribution in [0.15, 0.2) is 194 Å². The number of aromatic nitrogens is 3. The van der Waals surface area contributed by atoms with Crippen LogP contribution < -0.4 is 4.90 Å². The molecule has 11 aromatic rings. The van der Waals surface area contributed by atoms with Gasteiger partial charge in [-0.25, -0.2) is 9.97 Å². The molecule has 2 aliphatic carbocycles. The van der Waals surface area contributed by atoms with Crippen molar-refractivity contribution in [3.63, 3.8) is 0 Å². The predicted octanol–water partition coefficient (Wildman–Crippen LogP) is 15.6. The van der Waals surface area contributed by atoms with Gasteiger partial charge in [0.25, 0.3) is 0 Å². The van der Waals surface area contributed by atoms with Crippen LogP contribution in [0.1, 0.15) is 49.9 Å². The first-order valence-corrected chi connectivity index (χ1v) is 22.3. The number of fused-ring (bicyclic) bond motifs is 10. The zero-order valence-electron chi connectivity index (χ0n) is 36.3. The summed E-state index contributed by atoms with van der Waals surface area (Å²) in [7, 11) is 0. The van der Waals surface area contributed by atoms with Gasteiger partial charge >= 0.3 is 0 Å². The number of hydrogen-bond donors (Lipinski definition) is 0. The molecule has 0 radical (unpaired) electrons. The maximum atomic E-state index is 5.50. The lowest BCUT2D eigenvalue weighted by molar-refractivity contribution is 0.643. The van der Waals surface area contributed by atoms with Crippen molar-refractivity contribution in [1.29, 1.82) is 0 Å². The third-order valence-electron chi connectivity index (χ3n) is 14.4. The molecule has 0 atom stereocenters. The van der Waals surface area contributed by atoms with E-state index in [1.165, 1.54) is 60.5 Å². The van der Waals surface area contributed by atoms with Crippen LogP contribution in [0.3, 0.4) is 0 Å². The standard InChI is InChI=1S/C60H44N4/c1-59(2)49-22-13-11-20-46(49)57-56-50(59)23-14-24-52(56)61-58(62-57)64-53-33-28-39(35-47(53)55-43-18-9-8-15-38(43)27-34-54(55)64)37-25-29-41(30-26-37)63(40-16-6-5-7-17-40)42-31-32-45-44-19-10-12-21-48(44)60(3,4)51(45)36-42/h5-36H,1-4H3. The summed E-state index contributed by atoms with van der Waals surface area (Å²) in [6.45, 7) is 9.32. The van der Waals surface area contributed by atoms with E-state index < -0.39 is 0 Å². The second kappa shape index (κ2) is 13.3. The van der Waals surface area contributed by atoms with Gasteiger partial charge in [0.2, 0.25) is 5.95 Å². The number of para-hydroxylation sites is 1. The van der Waals surface area contributed by atoms with Crippen molar-refractivity contribution in [3.8, 4) is 39.5 Å². The molecule has 4 nitrogen and oxygen atoms in total. The molecule has 0 fully saturated rings. The first kappa shape index (κ1) is 36.8. The number of rotatable bonds is 5. The minimum atomic E-state index is -0.166. The Labute approximate surface area is 372 Å². The molecule has 2 aromatic heterocycles. The van der Waals surface area contributed by atoms with Gasteiger partial charge in [0.15, 0.2) is 0 Å². The average molecular weight is 821 g/mol. The van der Waals surface area contributed by atoms with Crippen molar-refractivity contribution in [3.05, 3.63) is 216 Å². The van der Waals surface area contributed by atoms with Crippen molar-refractivity contribution >= 4 is 60.5 Å². The van der Waals surface area contributed by atoms with Crippen LogP contribution in [-0.4, -0.2) is 14.5 Å². The lowest BCUT2D eigenvalue weighted by atomic mass is 9.70. The van der Waals surface area contributed by atoms with E-state index >= 15 is 0 Å². The van der Waals surface area contributed by atoms with Crippen molar-refractivity contribution < 1.29 is 0 Å². The Bertz CT molecular complexity index is 3720. The highest BCUT2D eigenvalue weighted by atomic mass is 15.2. The third kappa shape index (κ3) is 5.17. The fourth-order valence-corrected chi connectivity index (χ4v) is 11.2. The van der Waals surface area contributed by atoms with Crippen LogP contribution in [0.4, 0.5) is 17.1 Å². The van der Waals surface area contributed by atoms with Crippen molar-refractivity contribution in [2.24, 2.45) is 0 Å². The molecule has 0 spiro atoms.